The third kappa shape index (κ3) is 4.93. The van der Waals surface area contributed by atoms with Crippen molar-refractivity contribution >= 4 is 26.6 Å². The first-order valence-electron chi connectivity index (χ1n) is 12.6. The normalized spacial score (nSPS) is 15.4. The lowest BCUT2D eigenvalue weighted by Crippen LogP contribution is -2.17. The summed E-state index contributed by atoms with van der Waals surface area (Å²) >= 11 is 0. The monoisotopic (exact) mass is 516 g/mol. The van der Waals surface area contributed by atoms with Crippen LogP contribution in [0.5, 0.6) is 5.75 Å². The summed E-state index contributed by atoms with van der Waals surface area (Å²) in [6.07, 6.45) is 8.23. The second-order valence-electron chi connectivity index (χ2n) is 10.2. The summed E-state index contributed by atoms with van der Waals surface area (Å²) in [5, 5.41) is 11.1. The molecule has 0 saturated heterocycles. The topological polar surface area (TPSA) is 81.4 Å². The molecule has 1 N–H and O–H groups in total. The van der Waals surface area contributed by atoms with Gasteiger partial charge in [-0.2, -0.15) is 0 Å². The van der Waals surface area contributed by atoms with Crippen LogP contribution in [-0.4, -0.2) is 29.6 Å². The standard InChI is InChI=1S/C30H32N2O4S/c1-30(2,33)24-15-13-22(14-16-24)27(17-21-9-7-8-10-21)28-19-23-18-25(36-3)20-31-29(23)32(28)37(34,35)26-11-5-4-6-12-26/h4-6,11-21,33H,7-10H2,1-3H3. The fourth-order valence-corrected chi connectivity index (χ4v) is 6.54. The van der Waals surface area contributed by atoms with Gasteiger partial charge in [0.05, 0.1) is 29.5 Å². The summed E-state index contributed by atoms with van der Waals surface area (Å²) in [4.78, 5) is 4.72. The molecule has 1 aliphatic carbocycles. The van der Waals surface area contributed by atoms with Crippen molar-refractivity contribution in [2.45, 2.75) is 50.0 Å². The summed E-state index contributed by atoms with van der Waals surface area (Å²) in [6, 6.07) is 19.9. The second-order valence-corrected chi connectivity index (χ2v) is 11.9. The number of hydrogen-bond donors (Lipinski definition) is 1. The largest absolute Gasteiger partial charge is 0.495 e. The van der Waals surface area contributed by atoms with Crippen molar-refractivity contribution in [2.75, 3.05) is 7.11 Å². The highest BCUT2D eigenvalue weighted by atomic mass is 32.2. The van der Waals surface area contributed by atoms with Crippen molar-refractivity contribution in [1.82, 2.24) is 8.96 Å². The molecule has 0 amide bonds. The van der Waals surface area contributed by atoms with Crippen LogP contribution >= 0.6 is 0 Å². The third-order valence-electron chi connectivity index (χ3n) is 7.07. The maximum absolute atomic E-state index is 14.1. The average Bonchev–Trinajstić information content (AvgIpc) is 3.55. The van der Waals surface area contributed by atoms with Gasteiger partial charge in [0.15, 0.2) is 5.65 Å². The Kier molecular flexibility index (Phi) is 6.68. The quantitative estimate of drug-likeness (QED) is 0.320. The van der Waals surface area contributed by atoms with Gasteiger partial charge in [0.1, 0.15) is 5.75 Å². The summed E-state index contributed by atoms with van der Waals surface area (Å²) in [7, 11) is -2.39. The minimum atomic E-state index is -3.96. The summed E-state index contributed by atoms with van der Waals surface area (Å²) in [5.74, 6) is 0.918. The maximum Gasteiger partial charge on any atom is 0.269 e. The van der Waals surface area contributed by atoms with Crippen molar-refractivity contribution in [3.63, 3.8) is 0 Å². The van der Waals surface area contributed by atoms with Gasteiger partial charge in [0, 0.05) is 11.0 Å². The SMILES string of the molecule is COc1cnc2c(c1)cc(C(=CC1CCCC1)c1ccc(C(C)(C)O)cc1)n2S(=O)(=O)c1ccccc1. The van der Waals surface area contributed by atoms with E-state index in [1.165, 1.54) is 3.97 Å². The fourth-order valence-electron chi connectivity index (χ4n) is 5.04. The first-order valence-corrected chi connectivity index (χ1v) is 14.0. The smallest absolute Gasteiger partial charge is 0.269 e. The van der Waals surface area contributed by atoms with Gasteiger partial charge in [-0.05, 0) is 68.0 Å². The van der Waals surface area contributed by atoms with Crippen molar-refractivity contribution < 1.29 is 18.3 Å². The van der Waals surface area contributed by atoms with Gasteiger partial charge in [0.25, 0.3) is 10.0 Å². The van der Waals surface area contributed by atoms with Crippen LogP contribution in [0.15, 0.2) is 83.9 Å². The zero-order valence-corrected chi connectivity index (χ0v) is 22.2. The molecule has 4 aromatic rings. The molecule has 6 nitrogen and oxygen atoms in total. The Morgan fingerprint density at radius 3 is 2.35 bits per heavy atom. The molecule has 1 saturated carbocycles. The number of pyridine rings is 1. The molecule has 0 radical (unpaired) electrons. The van der Waals surface area contributed by atoms with Crippen molar-refractivity contribution in [2.24, 2.45) is 5.92 Å². The minimum Gasteiger partial charge on any atom is -0.495 e. The van der Waals surface area contributed by atoms with Crippen LogP contribution in [0, 0.1) is 5.92 Å². The lowest BCUT2D eigenvalue weighted by atomic mass is 9.92. The fraction of sp³-hybridized carbons (Fsp3) is 0.300. The van der Waals surface area contributed by atoms with Crippen molar-refractivity contribution in [1.29, 1.82) is 0 Å². The molecular formula is C30H32N2O4S. The van der Waals surface area contributed by atoms with E-state index in [1.54, 1.807) is 57.5 Å². The van der Waals surface area contributed by atoms with Gasteiger partial charge in [-0.25, -0.2) is 17.4 Å². The molecule has 7 heteroatoms. The van der Waals surface area contributed by atoms with E-state index in [4.69, 9.17) is 4.74 Å². The van der Waals surface area contributed by atoms with E-state index in [2.05, 4.69) is 11.1 Å². The van der Waals surface area contributed by atoms with E-state index in [1.807, 2.05) is 36.4 Å². The lowest BCUT2D eigenvalue weighted by Gasteiger charge is -2.19. The van der Waals surface area contributed by atoms with E-state index in [-0.39, 0.29) is 4.90 Å². The Balaban J connectivity index is 1.78. The van der Waals surface area contributed by atoms with Crippen LogP contribution in [0.1, 0.15) is 56.4 Å². The number of fused-ring (bicyclic) bond motifs is 1. The Morgan fingerprint density at radius 1 is 1.05 bits per heavy atom. The summed E-state index contributed by atoms with van der Waals surface area (Å²) < 4.78 is 34.9. The molecule has 0 aliphatic heterocycles. The molecule has 2 aromatic heterocycles. The molecule has 1 aliphatic rings. The Morgan fingerprint density at radius 2 is 1.73 bits per heavy atom. The third-order valence-corrected chi connectivity index (χ3v) is 8.79. The Bertz CT molecular complexity index is 1540. The number of aromatic nitrogens is 2. The molecular weight excluding hydrogens is 484 g/mol. The van der Waals surface area contributed by atoms with Crippen LogP contribution in [0.4, 0.5) is 0 Å². The Hall–Kier alpha value is -3.42. The maximum atomic E-state index is 14.1. The molecule has 192 valence electrons. The molecule has 2 heterocycles. The van der Waals surface area contributed by atoms with Crippen molar-refractivity contribution in [3.8, 4) is 5.75 Å². The van der Waals surface area contributed by atoms with Gasteiger partial charge in [-0.1, -0.05) is 61.4 Å². The highest BCUT2D eigenvalue weighted by molar-refractivity contribution is 7.90. The number of nitrogens with zero attached hydrogens (tertiary/aromatic N) is 2. The lowest BCUT2D eigenvalue weighted by molar-refractivity contribution is 0.0786. The minimum absolute atomic E-state index is 0.198. The number of ether oxygens (including phenoxy) is 1. The van der Waals surface area contributed by atoms with Crippen LogP contribution in [0.2, 0.25) is 0 Å². The predicted molar refractivity (Wildman–Crippen MR) is 146 cm³/mol. The molecule has 0 bridgehead atoms. The van der Waals surface area contributed by atoms with Gasteiger partial charge in [0.2, 0.25) is 0 Å². The first kappa shape index (κ1) is 25.2. The molecule has 5 rings (SSSR count). The zero-order valence-electron chi connectivity index (χ0n) is 21.4. The van der Waals surface area contributed by atoms with Gasteiger partial charge < -0.3 is 9.84 Å². The predicted octanol–water partition coefficient (Wildman–Crippen LogP) is 6.13. The summed E-state index contributed by atoms with van der Waals surface area (Å²) in [5.41, 5.74) is 2.46. The van der Waals surface area contributed by atoms with E-state index < -0.39 is 15.6 Å². The van der Waals surface area contributed by atoms with E-state index in [0.29, 0.717) is 28.4 Å². The number of allylic oxidation sites excluding steroid dienone is 1. The highest BCUT2D eigenvalue weighted by Gasteiger charge is 2.28. The summed E-state index contributed by atoms with van der Waals surface area (Å²) in [6.45, 7) is 3.50. The van der Waals surface area contributed by atoms with Gasteiger partial charge in [-0.15, -0.1) is 0 Å². The average molecular weight is 517 g/mol. The zero-order chi connectivity index (χ0) is 26.2. The van der Waals surface area contributed by atoms with E-state index in [9.17, 15) is 13.5 Å². The van der Waals surface area contributed by atoms with Crippen LogP contribution in [0.25, 0.3) is 16.6 Å². The van der Waals surface area contributed by atoms with Gasteiger partial charge in [-0.3, -0.25) is 0 Å². The van der Waals surface area contributed by atoms with Crippen LogP contribution < -0.4 is 4.74 Å². The van der Waals surface area contributed by atoms with Crippen molar-refractivity contribution in [3.05, 3.63) is 95.8 Å². The molecule has 0 atom stereocenters. The van der Waals surface area contributed by atoms with Crippen LogP contribution in [0.3, 0.4) is 0 Å². The first-order chi connectivity index (χ1) is 17.7. The second kappa shape index (κ2) is 9.80. The molecule has 1 fully saturated rings. The molecule has 2 aromatic carbocycles. The number of methoxy groups -OCH3 is 1. The number of benzene rings is 2. The number of rotatable bonds is 7. The Labute approximate surface area is 218 Å². The van der Waals surface area contributed by atoms with Gasteiger partial charge >= 0.3 is 0 Å². The number of hydrogen-bond acceptors (Lipinski definition) is 5. The molecule has 0 unspecified atom stereocenters. The molecule has 37 heavy (non-hydrogen) atoms. The number of aliphatic hydroxyl groups is 1. The molecule has 0 spiro atoms. The van der Waals surface area contributed by atoms with E-state index >= 15 is 0 Å². The van der Waals surface area contributed by atoms with E-state index in [0.717, 1.165) is 42.4 Å². The van der Waals surface area contributed by atoms with Crippen LogP contribution in [-0.2, 0) is 15.6 Å². The highest BCUT2D eigenvalue weighted by Crippen LogP contribution is 2.37.